The van der Waals surface area contributed by atoms with Crippen LogP contribution in [-0.4, -0.2) is 43.7 Å². The molecule has 0 fully saturated rings. The number of benzene rings is 3. The molecule has 3 rings (SSSR count). The quantitative estimate of drug-likeness (QED) is 0.118. The summed E-state index contributed by atoms with van der Waals surface area (Å²) in [6.07, 6.45) is 1.21. The minimum absolute atomic E-state index is 0.0272. The van der Waals surface area contributed by atoms with Gasteiger partial charge in [0.15, 0.2) is 0 Å². The Morgan fingerprint density at radius 1 is 1.03 bits per heavy atom. The van der Waals surface area contributed by atoms with Gasteiger partial charge in [0.1, 0.15) is 12.4 Å². The first-order valence-electron chi connectivity index (χ1n) is 11.1. The van der Waals surface area contributed by atoms with Gasteiger partial charge in [-0.05, 0) is 42.8 Å². The standard InChI is InChI=1S/C25H27N5O5S/c1-2-35-25(32)23(16-19-10-5-3-6-11-19)30(36(33,34)22-14-7-4-8-15-22)29-24(31)20-12-9-13-21(17-20)27-18-28-26/h3-15,17-18,23H,2,16,26H2,1H3,(H,27,28)(H,29,31)/t23-/m0/s1. The first-order chi connectivity index (χ1) is 17.4. The highest BCUT2D eigenvalue weighted by molar-refractivity contribution is 7.89. The summed E-state index contributed by atoms with van der Waals surface area (Å²) >= 11 is 0. The third-order valence-electron chi connectivity index (χ3n) is 5.06. The number of anilines is 1. The van der Waals surface area contributed by atoms with Gasteiger partial charge in [0, 0.05) is 17.7 Å². The Bertz CT molecular complexity index is 1300. The van der Waals surface area contributed by atoms with Gasteiger partial charge in [-0.25, -0.2) is 8.42 Å². The summed E-state index contributed by atoms with van der Waals surface area (Å²) in [4.78, 5) is 26.2. The molecule has 0 aromatic heterocycles. The summed E-state index contributed by atoms with van der Waals surface area (Å²) in [6.45, 7) is 1.66. The van der Waals surface area contributed by atoms with E-state index in [1.165, 1.54) is 30.6 Å². The van der Waals surface area contributed by atoms with E-state index >= 15 is 0 Å². The predicted molar refractivity (Wildman–Crippen MR) is 136 cm³/mol. The number of hydrazine groups is 1. The van der Waals surface area contributed by atoms with Crippen LogP contribution in [0.15, 0.2) is 94.9 Å². The normalized spacial score (nSPS) is 12.3. The zero-order chi connectivity index (χ0) is 26.0. The molecule has 1 atom stereocenters. The number of carbonyl (C=O) groups is 2. The first kappa shape index (κ1) is 26.4. The minimum atomic E-state index is -4.36. The Balaban J connectivity index is 2.05. The first-order valence-corrected chi connectivity index (χ1v) is 12.5. The molecule has 1 amide bonds. The maximum absolute atomic E-state index is 13.7. The number of amides is 1. The van der Waals surface area contributed by atoms with Gasteiger partial charge in [0.05, 0.1) is 11.5 Å². The van der Waals surface area contributed by atoms with Crippen LogP contribution in [0.25, 0.3) is 0 Å². The van der Waals surface area contributed by atoms with Crippen LogP contribution in [0.1, 0.15) is 22.8 Å². The maximum atomic E-state index is 13.7. The smallest absolute Gasteiger partial charge is 0.326 e. The van der Waals surface area contributed by atoms with Crippen molar-refractivity contribution in [3.8, 4) is 0 Å². The van der Waals surface area contributed by atoms with Crippen molar-refractivity contribution in [1.82, 2.24) is 9.84 Å². The molecule has 0 saturated carbocycles. The van der Waals surface area contributed by atoms with Crippen LogP contribution in [0.2, 0.25) is 0 Å². The molecule has 188 valence electrons. The van der Waals surface area contributed by atoms with E-state index in [0.29, 0.717) is 15.7 Å². The number of hydrogen-bond donors (Lipinski definition) is 3. The average molecular weight is 510 g/mol. The molecule has 0 bridgehead atoms. The van der Waals surface area contributed by atoms with Crippen molar-refractivity contribution in [2.45, 2.75) is 24.3 Å². The fourth-order valence-electron chi connectivity index (χ4n) is 3.38. The van der Waals surface area contributed by atoms with Crippen LogP contribution in [0.5, 0.6) is 0 Å². The van der Waals surface area contributed by atoms with Crippen molar-refractivity contribution in [2.75, 3.05) is 11.9 Å². The summed E-state index contributed by atoms with van der Waals surface area (Å²) in [5.74, 6) is 3.56. The van der Waals surface area contributed by atoms with E-state index in [1.807, 2.05) is 0 Å². The second-order valence-electron chi connectivity index (χ2n) is 7.52. The number of rotatable bonds is 11. The molecule has 11 heteroatoms. The van der Waals surface area contributed by atoms with E-state index in [0.717, 1.165) is 0 Å². The molecule has 0 spiro atoms. The highest BCUT2D eigenvalue weighted by Gasteiger charge is 2.38. The lowest BCUT2D eigenvalue weighted by molar-refractivity contribution is -0.148. The highest BCUT2D eigenvalue weighted by atomic mass is 32.2. The summed E-state index contributed by atoms with van der Waals surface area (Å²) < 4.78 is 33.3. The number of hydrazone groups is 1. The number of ether oxygens (including phenoxy) is 1. The van der Waals surface area contributed by atoms with Gasteiger partial charge < -0.3 is 15.9 Å². The Morgan fingerprint density at radius 2 is 1.69 bits per heavy atom. The molecule has 10 nitrogen and oxygen atoms in total. The van der Waals surface area contributed by atoms with Gasteiger partial charge in [0.2, 0.25) is 0 Å². The molecule has 0 saturated heterocycles. The van der Waals surface area contributed by atoms with E-state index in [9.17, 15) is 18.0 Å². The van der Waals surface area contributed by atoms with Crippen molar-refractivity contribution in [2.24, 2.45) is 10.9 Å². The largest absolute Gasteiger partial charge is 0.465 e. The van der Waals surface area contributed by atoms with Gasteiger partial charge >= 0.3 is 5.97 Å². The average Bonchev–Trinajstić information content (AvgIpc) is 2.90. The molecule has 3 aromatic rings. The zero-order valence-electron chi connectivity index (χ0n) is 19.6. The Kier molecular flexibility index (Phi) is 9.14. The second kappa shape index (κ2) is 12.5. The minimum Gasteiger partial charge on any atom is -0.465 e. The van der Waals surface area contributed by atoms with Crippen LogP contribution in [0.3, 0.4) is 0 Å². The molecule has 36 heavy (non-hydrogen) atoms. The van der Waals surface area contributed by atoms with E-state index in [-0.39, 0.29) is 23.5 Å². The molecule has 0 aliphatic heterocycles. The molecule has 0 heterocycles. The van der Waals surface area contributed by atoms with E-state index in [2.05, 4.69) is 15.8 Å². The summed E-state index contributed by atoms with van der Waals surface area (Å²) in [6, 6.07) is 21.3. The molecule has 4 N–H and O–H groups in total. The Hall–Kier alpha value is -4.22. The molecule has 0 radical (unpaired) electrons. The Labute approximate surface area is 209 Å². The number of esters is 1. The van der Waals surface area contributed by atoms with Gasteiger partial charge in [-0.3, -0.25) is 15.0 Å². The third-order valence-corrected chi connectivity index (χ3v) is 6.79. The number of sulfonamides is 1. The molecular weight excluding hydrogens is 482 g/mol. The maximum Gasteiger partial charge on any atom is 0.326 e. The van der Waals surface area contributed by atoms with Gasteiger partial charge in [0.25, 0.3) is 15.9 Å². The topological polar surface area (TPSA) is 143 Å². The monoisotopic (exact) mass is 509 g/mol. The highest BCUT2D eigenvalue weighted by Crippen LogP contribution is 2.21. The molecular formula is C25H27N5O5S. The van der Waals surface area contributed by atoms with E-state index < -0.39 is 27.9 Å². The zero-order valence-corrected chi connectivity index (χ0v) is 20.4. The van der Waals surface area contributed by atoms with Crippen LogP contribution >= 0.6 is 0 Å². The van der Waals surface area contributed by atoms with Gasteiger partial charge in [-0.15, -0.1) is 0 Å². The van der Waals surface area contributed by atoms with Crippen LogP contribution in [0.4, 0.5) is 5.69 Å². The fraction of sp³-hybridized carbons (Fsp3) is 0.160. The van der Waals surface area contributed by atoms with Crippen molar-refractivity contribution in [1.29, 1.82) is 0 Å². The number of nitrogens with two attached hydrogens (primary N) is 1. The molecule has 0 aliphatic carbocycles. The fourth-order valence-corrected chi connectivity index (χ4v) is 4.80. The summed E-state index contributed by atoms with van der Waals surface area (Å²) in [5.41, 5.74) is 3.76. The third kappa shape index (κ3) is 6.68. The molecule has 0 aliphatic rings. The summed E-state index contributed by atoms with van der Waals surface area (Å²) in [7, 11) is -4.36. The van der Waals surface area contributed by atoms with E-state index in [4.69, 9.17) is 10.6 Å². The van der Waals surface area contributed by atoms with Crippen molar-refractivity contribution in [3.63, 3.8) is 0 Å². The van der Waals surface area contributed by atoms with Crippen molar-refractivity contribution < 1.29 is 22.7 Å². The lowest BCUT2D eigenvalue weighted by Gasteiger charge is -2.29. The van der Waals surface area contributed by atoms with Crippen LogP contribution in [-0.2, 0) is 26.0 Å². The SMILES string of the molecule is CCOC(=O)[C@H](Cc1ccccc1)N(NC(=O)c1cccc(NC=NN)c1)S(=O)(=O)c1ccccc1. The number of nitrogens with zero attached hydrogens (tertiary/aromatic N) is 2. The summed E-state index contributed by atoms with van der Waals surface area (Å²) in [5, 5.41) is 6.13. The van der Waals surface area contributed by atoms with Gasteiger partial charge in [-0.1, -0.05) is 59.0 Å². The number of hydrogen-bond acceptors (Lipinski definition) is 7. The Morgan fingerprint density at radius 3 is 2.33 bits per heavy atom. The van der Waals surface area contributed by atoms with Crippen molar-refractivity contribution in [3.05, 3.63) is 96.1 Å². The van der Waals surface area contributed by atoms with Gasteiger partial charge in [-0.2, -0.15) is 5.10 Å². The lowest BCUT2D eigenvalue weighted by Crippen LogP contribution is -2.56. The second-order valence-corrected chi connectivity index (χ2v) is 9.33. The number of nitrogens with one attached hydrogen (secondary N) is 2. The lowest BCUT2D eigenvalue weighted by atomic mass is 10.1. The van der Waals surface area contributed by atoms with Crippen LogP contribution < -0.4 is 16.6 Å². The predicted octanol–water partition coefficient (Wildman–Crippen LogP) is 2.51. The number of carbonyl (C=O) groups excluding carboxylic acids is 2. The van der Waals surface area contributed by atoms with Crippen molar-refractivity contribution >= 4 is 33.9 Å². The molecule has 3 aromatic carbocycles. The molecule has 0 unspecified atom stereocenters. The van der Waals surface area contributed by atoms with Crippen LogP contribution in [0, 0.1) is 0 Å². The van der Waals surface area contributed by atoms with E-state index in [1.54, 1.807) is 67.6 Å².